The highest BCUT2D eigenvalue weighted by molar-refractivity contribution is 6.91. The highest BCUT2D eigenvalue weighted by Crippen LogP contribution is 2.45. The van der Waals surface area contributed by atoms with E-state index in [9.17, 15) is 9.59 Å². The molecule has 116 valence electrons. The fraction of sp³-hybridized carbons (Fsp3) is 0.471. The minimum Gasteiger partial charge on any atom is -0.282 e. The van der Waals surface area contributed by atoms with Gasteiger partial charge in [-0.15, -0.1) is 0 Å². The maximum absolute atomic E-state index is 12.7. The summed E-state index contributed by atoms with van der Waals surface area (Å²) in [6, 6.07) is 5.97. The standard InChI is InChI=1S/C17H22N2O2Si/c1-4-19-16(20)12-8-7-9-13(15(12)17(19)21)22(2,3)14-10-5-6-11-18-14/h5-7,9-13,15H,4,8H2,1-3H3/t12-,13+,15-/m0/s1. The average Bonchev–Trinajstić information content (AvgIpc) is 2.79. The van der Waals surface area contributed by atoms with Crippen molar-refractivity contribution in [1.82, 2.24) is 9.88 Å². The zero-order valence-electron chi connectivity index (χ0n) is 13.3. The van der Waals surface area contributed by atoms with Gasteiger partial charge in [0.05, 0.1) is 11.8 Å². The molecule has 0 N–H and O–H groups in total. The number of aromatic nitrogens is 1. The van der Waals surface area contributed by atoms with Gasteiger partial charge >= 0.3 is 0 Å². The second-order valence-electron chi connectivity index (χ2n) is 6.68. The van der Waals surface area contributed by atoms with E-state index in [1.165, 1.54) is 4.90 Å². The number of carbonyl (C=O) groups is 2. The number of fused-ring (bicyclic) bond motifs is 1. The zero-order chi connectivity index (χ0) is 15.9. The van der Waals surface area contributed by atoms with Gasteiger partial charge in [0.25, 0.3) is 0 Å². The van der Waals surface area contributed by atoms with E-state index in [2.05, 4.69) is 36.3 Å². The number of imide groups is 1. The molecule has 3 atom stereocenters. The Morgan fingerprint density at radius 3 is 2.68 bits per heavy atom. The van der Waals surface area contributed by atoms with E-state index < -0.39 is 8.07 Å². The molecule has 0 radical (unpaired) electrons. The van der Waals surface area contributed by atoms with Crippen LogP contribution in [0.4, 0.5) is 0 Å². The third kappa shape index (κ3) is 2.15. The summed E-state index contributed by atoms with van der Waals surface area (Å²) in [5, 5.41) is 1.10. The monoisotopic (exact) mass is 314 g/mol. The third-order valence-corrected chi connectivity index (χ3v) is 9.00. The molecule has 2 aliphatic rings. The van der Waals surface area contributed by atoms with E-state index in [0.29, 0.717) is 13.0 Å². The first-order valence-corrected chi connectivity index (χ1v) is 11.0. The molecular weight excluding hydrogens is 292 g/mol. The van der Waals surface area contributed by atoms with Crippen molar-refractivity contribution in [2.45, 2.75) is 32.0 Å². The highest BCUT2D eigenvalue weighted by Gasteiger charge is 2.54. The van der Waals surface area contributed by atoms with Gasteiger partial charge in [-0.1, -0.05) is 31.3 Å². The van der Waals surface area contributed by atoms with Crippen molar-refractivity contribution in [2.75, 3.05) is 6.54 Å². The van der Waals surface area contributed by atoms with Crippen LogP contribution in [0.3, 0.4) is 0 Å². The van der Waals surface area contributed by atoms with Gasteiger partial charge < -0.3 is 0 Å². The summed E-state index contributed by atoms with van der Waals surface area (Å²) in [7, 11) is -1.98. The Morgan fingerprint density at radius 2 is 2.05 bits per heavy atom. The third-order valence-electron chi connectivity index (χ3n) is 5.16. The van der Waals surface area contributed by atoms with Gasteiger partial charge in [0.2, 0.25) is 11.8 Å². The Labute approximate surface area is 132 Å². The molecule has 22 heavy (non-hydrogen) atoms. The lowest BCUT2D eigenvalue weighted by Crippen LogP contribution is -2.51. The molecule has 0 spiro atoms. The number of hydrogen-bond donors (Lipinski definition) is 0. The first kappa shape index (κ1) is 15.2. The number of nitrogens with zero attached hydrogens (tertiary/aromatic N) is 2. The number of likely N-dealkylation sites (tertiary alicyclic amines) is 1. The van der Waals surface area contributed by atoms with Crippen LogP contribution in [0, 0.1) is 11.8 Å². The van der Waals surface area contributed by atoms with Crippen LogP contribution in [0.5, 0.6) is 0 Å². The molecule has 1 aromatic heterocycles. The van der Waals surface area contributed by atoms with Gasteiger partial charge in [-0.2, -0.15) is 0 Å². The summed E-state index contributed by atoms with van der Waals surface area (Å²) in [5.41, 5.74) is 0.133. The molecule has 1 aliphatic carbocycles. The van der Waals surface area contributed by atoms with E-state index in [1.807, 2.05) is 25.3 Å². The maximum Gasteiger partial charge on any atom is 0.233 e. The Kier molecular flexibility index (Phi) is 3.76. The van der Waals surface area contributed by atoms with Gasteiger partial charge in [0.1, 0.15) is 8.07 Å². The largest absolute Gasteiger partial charge is 0.282 e. The fourth-order valence-electron chi connectivity index (χ4n) is 3.87. The molecule has 0 aromatic carbocycles. The fourth-order valence-corrected chi connectivity index (χ4v) is 7.04. The van der Waals surface area contributed by atoms with E-state index in [4.69, 9.17) is 0 Å². The molecule has 1 saturated heterocycles. The quantitative estimate of drug-likeness (QED) is 0.487. The van der Waals surface area contributed by atoms with Crippen molar-refractivity contribution in [1.29, 1.82) is 0 Å². The summed E-state index contributed by atoms with van der Waals surface area (Å²) >= 11 is 0. The van der Waals surface area contributed by atoms with Crippen LogP contribution in [-0.4, -0.2) is 36.3 Å². The lowest BCUT2D eigenvalue weighted by molar-refractivity contribution is -0.139. The van der Waals surface area contributed by atoms with Gasteiger partial charge in [-0.3, -0.25) is 19.5 Å². The van der Waals surface area contributed by atoms with Crippen LogP contribution in [0.2, 0.25) is 18.6 Å². The first-order chi connectivity index (χ1) is 10.5. The molecular formula is C17H22N2O2Si. The Bertz CT molecular complexity index is 627. The number of hydrogen-bond acceptors (Lipinski definition) is 3. The second kappa shape index (κ2) is 5.46. The normalized spacial score (nSPS) is 28.1. The van der Waals surface area contributed by atoms with E-state index in [1.54, 1.807) is 0 Å². The molecule has 2 heterocycles. The lowest BCUT2D eigenvalue weighted by atomic mass is 9.84. The van der Waals surface area contributed by atoms with E-state index >= 15 is 0 Å². The molecule has 4 nitrogen and oxygen atoms in total. The minimum atomic E-state index is -1.98. The molecule has 1 aliphatic heterocycles. The Morgan fingerprint density at radius 1 is 1.27 bits per heavy atom. The highest BCUT2D eigenvalue weighted by atomic mass is 28.3. The van der Waals surface area contributed by atoms with Crippen LogP contribution < -0.4 is 5.32 Å². The van der Waals surface area contributed by atoms with E-state index in [-0.39, 0.29) is 29.2 Å². The molecule has 1 aromatic rings. The molecule has 1 fully saturated rings. The van der Waals surface area contributed by atoms with E-state index in [0.717, 1.165) is 5.32 Å². The molecule has 2 amide bonds. The van der Waals surface area contributed by atoms with Crippen molar-refractivity contribution >= 4 is 25.2 Å². The molecule has 0 saturated carbocycles. The van der Waals surface area contributed by atoms with Crippen LogP contribution in [-0.2, 0) is 9.59 Å². The topological polar surface area (TPSA) is 50.3 Å². The molecule has 5 heteroatoms. The Hall–Kier alpha value is -1.75. The molecule has 3 rings (SSSR count). The van der Waals surface area contributed by atoms with Crippen molar-refractivity contribution < 1.29 is 9.59 Å². The van der Waals surface area contributed by atoms with Crippen LogP contribution >= 0.6 is 0 Å². The molecule has 0 bridgehead atoms. The summed E-state index contributed by atoms with van der Waals surface area (Å²) in [6.45, 7) is 6.85. The molecule has 0 unspecified atom stereocenters. The summed E-state index contributed by atoms with van der Waals surface area (Å²) in [6.07, 6.45) is 6.77. The number of carbonyl (C=O) groups excluding carboxylic acids is 2. The smallest absolute Gasteiger partial charge is 0.233 e. The SMILES string of the molecule is CCN1C(=O)[C@H]2[C@H](CC=C[C@H]2[Si](C)(C)c2ccccn2)C1=O. The Balaban J connectivity index is 2.01. The van der Waals surface area contributed by atoms with Crippen molar-refractivity contribution in [2.24, 2.45) is 11.8 Å². The number of allylic oxidation sites excluding steroid dienone is 2. The minimum absolute atomic E-state index is 0.0117. The van der Waals surface area contributed by atoms with Gasteiger partial charge in [-0.05, 0) is 31.0 Å². The van der Waals surface area contributed by atoms with Crippen LogP contribution in [0.25, 0.3) is 0 Å². The van der Waals surface area contributed by atoms with Gasteiger partial charge in [0, 0.05) is 18.1 Å². The number of rotatable bonds is 3. The predicted octanol–water partition coefficient (Wildman–Crippen LogP) is 1.95. The van der Waals surface area contributed by atoms with Crippen molar-refractivity contribution in [3.05, 3.63) is 36.5 Å². The maximum atomic E-state index is 12.7. The van der Waals surface area contributed by atoms with Crippen LogP contribution in [0.1, 0.15) is 13.3 Å². The zero-order valence-corrected chi connectivity index (χ0v) is 14.3. The second-order valence-corrected chi connectivity index (χ2v) is 11.3. The summed E-state index contributed by atoms with van der Waals surface area (Å²) in [5.74, 6) is -0.333. The average molecular weight is 314 g/mol. The van der Waals surface area contributed by atoms with Crippen LogP contribution in [0.15, 0.2) is 36.5 Å². The predicted molar refractivity (Wildman–Crippen MR) is 88.2 cm³/mol. The van der Waals surface area contributed by atoms with Crippen molar-refractivity contribution in [3.63, 3.8) is 0 Å². The summed E-state index contributed by atoms with van der Waals surface area (Å²) in [4.78, 5) is 31.2. The van der Waals surface area contributed by atoms with Gasteiger partial charge in [0.15, 0.2) is 0 Å². The van der Waals surface area contributed by atoms with Gasteiger partial charge in [-0.25, -0.2) is 0 Å². The summed E-state index contributed by atoms with van der Waals surface area (Å²) < 4.78 is 0. The number of amides is 2. The van der Waals surface area contributed by atoms with Crippen molar-refractivity contribution in [3.8, 4) is 0 Å². The lowest BCUT2D eigenvalue weighted by Gasteiger charge is -2.36. The number of pyridine rings is 1. The first-order valence-electron chi connectivity index (χ1n) is 7.92.